The minimum absolute atomic E-state index is 0. The molecular weight excluding hydrogens is 612 g/mol. The number of fused-ring (bicyclic) bond motifs is 1. The summed E-state index contributed by atoms with van der Waals surface area (Å²) in [5, 5.41) is 1.57. The Bertz CT molecular complexity index is 1600. The van der Waals surface area contributed by atoms with E-state index in [9.17, 15) is 0 Å². The standard InChI is InChI=1S/C29H19Cl4N5O.ClH/c30-19-11-12-23(24(33)16-19)25-35-27(34)36-28-37(22-14-20(31)13-21(32)15-22)26(39)29(38(25)28,17-7-3-1-4-8-17)18-9-5-2-6-10-18;/h1-16,25H,(H2,34,35);1H. The van der Waals surface area contributed by atoms with Crippen molar-refractivity contribution in [3.63, 3.8) is 0 Å². The molecule has 2 heterocycles. The summed E-state index contributed by atoms with van der Waals surface area (Å²) >= 11 is 25.7. The van der Waals surface area contributed by atoms with Crippen molar-refractivity contribution in [2.45, 2.75) is 11.7 Å². The number of carbonyl (C=O) groups excluding carboxylic acids is 1. The third kappa shape index (κ3) is 4.50. The molecule has 1 atom stereocenters. The highest BCUT2D eigenvalue weighted by atomic mass is 35.5. The van der Waals surface area contributed by atoms with Gasteiger partial charge in [0.25, 0.3) is 5.91 Å². The number of nitrogens with zero attached hydrogens (tertiary/aromatic N) is 4. The molecule has 6 nitrogen and oxygen atoms in total. The molecule has 202 valence electrons. The highest BCUT2D eigenvalue weighted by Crippen LogP contribution is 2.51. The summed E-state index contributed by atoms with van der Waals surface area (Å²) in [6.07, 6.45) is -0.828. The fourth-order valence-electron chi connectivity index (χ4n) is 5.20. The van der Waals surface area contributed by atoms with Gasteiger partial charge >= 0.3 is 0 Å². The number of benzene rings is 4. The first-order valence-corrected chi connectivity index (χ1v) is 13.4. The summed E-state index contributed by atoms with van der Waals surface area (Å²) in [4.78, 5) is 27.6. The van der Waals surface area contributed by atoms with Crippen molar-refractivity contribution >= 4 is 82.3 Å². The smallest absolute Gasteiger partial charge is 0.269 e. The minimum atomic E-state index is -1.41. The van der Waals surface area contributed by atoms with E-state index in [4.69, 9.17) is 57.1 Å². The molecule has 1 saturated heterocycles. The van der Waals surface area contributed by atoms with E-state index in [1.165, 1.54) is 4.90 Å². The Morgan fingerprint density at radius 1 is 0.750 bits per heavy atom. The molecule has 40 heavy (non-hydrogen) atoms. The van der Waals surface area contributed by atoms with Crippen molar-refractivity contribution in [3.8, 4) is 0 Å². The first kappa shape index (κ1) is 28.3. The molecule has 11 heteroatoms. The van der Waals surface area contributed by atoms with Crippen molar-refractivity contribution in [1.29, 1.82) is 0 Å². The number of rotatable bonds is 4. The molecule has 4 aromatic carbocycles. The normalized spacial score (nSPS) is 17.6. The maximum absolute atomic E-state index is 15.0. The molecule has 2 aliphatic heterocycles. The SMILES string of the molecule is Cl.NC1=NC(c2ccc(Cl)cc2Cl)N2C(=N1)N(c1cc(Cl)cc(Cl)c1)C(=O)C2(c1ccccc1)c1ccccc1. The molecule has 1 amide bonds. The van der Waals surface area contributed by atoms with Gasteiger partial charge in [0, 0.05) is 25.7 Å². The molecule has 0 saturated carbocycles. The topological polar surface area (TPSA) is 74.3 Å². The average molecular weight is 632 g/mol. The van der Waals surface area contributed by atoms with Crippen molar-refractivity contribution in [1.82, 2.24) is 4.90 Å². The maximum atomic E-state index is 15.0. The van der Waals surface area contributed by atoms with Crippen molar-refractivity contribution in [3.05, 3.63) is 134 Å². The number of hydrogen-bond donors (Lipinski definition) is 1. The first-order valence-electron chi connectivity index (χ1n) is 11.9. The second-order valence-corrected chi connectivity index (χ2v) is 10.7. The molecule has 0 aliphatic carbocycles. The van der Waals surface area contributed by atoms with Crippen LogP contribution in [-0.4, -0.2) is 22.7 Å². The number of aliphatic imine (C=N–C) groups is 2. The Morgan fingerprint density at radius 2 is 1.32 bits per heavy atom. The number of hydrogen-bond acceptors (Lipinski definition) is 5. The van der Waals surface area contributed by atoms with Gasteiger partial charge in [0.2, 0.25) is 11.9 Å². The summed E-state index contributed by atoms with van der Waals surface area (Å²) in [7, 11) is 0. The third-order valence-corrected chi connectivity index (χ3v) is 7.73. The minimum Gasteiger partial charge on any atom is -0.368 e. The van der Waals surface area contributed by atoms with Gasteiger partial charge in [0.05, 0.1) is 5.69 Å². The lowest BCUT2D eigenvalue weighted by Crippen LogP contribution is -2.51. The van der Waals surface area contributed by atoms with Crippen LogP contribution in [0, 0.1) is 0 Å². The second kappa shape index (κ2) is 11.0. The number of nitrogens with two attached hydrogens (primary N) is 1. The number of amides is 1. The van der Waals surface area contributed by atoms with Gasteiger partial charge in [-0.05, 0) is 41.5 Å². The fourth-order valence-corrected chi connectivity index (χ4v) is 6.22. The van der Waals surface area contributed by atoms with Crippen LogP contribution in [-0.2, 0) is 10.3 Å². The molecule has 1 unspecified atom stereocenters. The Morgan fingerprint density at radius 3 is 1.88 bits per heavy atom. The van der Waals surface area contributed by atoms with Gasteiger partial charge in [-0.1, -0.05) is 113 Å². The predicted octanol–water partition coefficient (Wildman–Crippen LogP) is 7.70. The van der Waals surface area contributed by atoms with Crippen LogP contribution in [0.3, 0.4) is 0 Å². The van der Waals surface area contributed by atoms with Crippen LogP contribution in [0.25, 0.3) is 0 Å². The summed E-state index contributed by atoms with van der Waals surface area (Å²) in [5.74, 6) is -0.0633. The van der Waals surface area contributed by atoms with Crippen LogP contribution in [0.1, 0.15) is 22.9 Å². The zero-order valence-electron chi connectivity index (χ0n) is 20.5. The molecule has 0 bridgehead atoms. The van der Waals surface area contributed by atoms with E-state index in [1.54, 1.807) is 36.4 Å². The van der Waals surface area contributed by atoms with Crippen LogP contribution in [0.15, 0.2) is 107 Å². The Kier molecular flexibility index (Phi) is 7.75. The van der Waals surface area contributed by atoms with E-state index in [-0.39, 0.29) is 30.2 Å². The molecule has 0 spiro atoms. The number of halogens is 5. The van der Waals surface area contributed by atoms with Crippen molar-refractivity contribution in [2.75, 3.05) is 4.90 Å². The van der Waals surface area contributed by atoms with Crippen LogP contribution >= 0.6 is 58.8 Å². The molecule has 1 fully saturated rings. The van der Waals surface area contributed by atoms with E-state index < -0.39 is 11.7 Å². The number of guanidine groups is 2. The van der Waals surface area contributed by atoms with Gasteiger partial charge < -0.3 is 5.73 Å². The van der Waals surface area contributed by atoms with Gasteiger partial charge in [-0.25, -0.2) is 9.89 Å². The lowest BCUT2D eigenvalue weighted by atomic mass is 9.80. The molecular formula is C29H20Cl5N5O. The van der Waals surface area contributed by atoms with Crippen LogP contribution < -0.4 is 10.6 Å². The molecule has 0 aromatic heterocycles. The average Bonchev–Trinajstić information content (AvgIpc) is 3.17. The Hall–Kier alpha value is -3.26. The lowest BCUT2D eigenvalue weighted by Gasteiger charge is -2.42. The maximum Gasteiger partial charge on any atom is 0.269 e. The highest BCUT2D eigenvalue weighted by molar-refractivity contribution is 6.37. The zero-order chi connectivity index (χ0) is 27.3. The van der Waals surface area contributed by atoms with E-state index in [2.05, 4.69) is 4.99 Å². The lowest BCUT2D eigenvalue weighted by molar-refractivity contribution is -0.124. The van der Waals surface area contributed by atoms with Crippen molar-refractivity contribution < 1.29 is 4.79 Å². The van der Waals surface area contributed by atoms with E-state index >= 15 is 4.79 Å². The number of carbonyl (C=O) groups is 1. The summed E-state index contributed by atoms with van der Waals surface area (Å²) in [5.41, 5.74) is 7.32. The van der Waals surface area contributed by atoms with Gasteiger partial charge in [-0.3, -0.25) is 9.69 Å². The molecule has 4 aromatic rings. The predicted molar refractivity (Wildman–Crippen MR) is 165 cm³/mol. The Labute approximate surface area is 257 Å². The zero-order valence-corrected chi connectivity index (χ0v) is 24.3. The van der Waals surface area contributed by atoms with Gasteiger partial charge in [0.15, 0.2) is 11.7 Å². The number of anilines is 1. The van der Waals surface area contributed by atoms with Gasteiger partial charge in [-0.15, -0.1) is 12.4 Å². The summed E-state index contributed by atoms with van der Waals surface area (Å²) in [6.45, 7) is 0. The van der Waals surface area contributed by atoms with E-state index in [0.29, 0.717) is 42.5 Å². The molecule has 0 radical (unpaired) electrons. The molecule has 6 rings (SSSR count). The van der Waals surface area contributed by atoms with E-state index in [1.807, 2.05) is 65.6 Å². The van der Waals surface area contributed by atoms with Crippen LogP contribution in [0.2, 0.25) is 20.1 Å². The molecule has 2 N–H and O–H groups in total. The van der Waals surface area contributed by atoms with Gasteiger partial charge in [0.1, 0.15) is 0 Å². The van der Waals surface area contributed by atoms with Crippen LogP contribution in [0.5, 0.6) is 0 Å². The quantitative estimate of drug-likeness (QED) is 0.251. The third-order valence-electron chi connectivity index (χ3n) is 6.73. The summed E-state index contributed by atoms with van der Waals surface area (Å²) < 4.78 is 0. The first-order chi connectivity index (χ1) is 18.8. The second-order valence-electron chi connectivity index (χ2n) is 9.02. The van der Waals surface area contributed by atoms with Crippen molar-refractivity contribution in [2.24, 2.45) is 15.7 Å². The van der Waals surface area contributed by atoms with Gasteiger partial charge in [-0.2, -0.15) is 4.99 Å². The van der Waals surface area contributed by atoms with E-state index in [0.717, 1.165) is 0 Å². The highest BCUT2D eigenvalue weighted by Gasteiger charge is 2.62. The fraction of sp³-hybridized carbons (Fsp3) is 0.0690. The van der Waals surface area contributed by atoms with Crippen LogP contribution in [0.4, 0.5) is 5.69 Å². The Balaban J connectivity index is 0.00000323. The largest absolute Gasteiger partial charge is 0.368 e. The monoisotopic (exact) mass is 629 g/mol. The molecule has 2 aliphatic rings. The summed E-state index contributed by atoms with van der Waals surface area (Å²) in [6, 6.07) is 29.0.